The van der Waals surface area contributed by atoms with Crippen molar-refractivity contribution in [2.45, 2.75) is 6.42 Å². The summed E-state index contributed by atoms with van der Waals surface area (Å²) in [6, 6.07) is 11.2. The van der Waals surface area contributed by atoms with Crippen LogP contribution in [0, 0.1) is 0 Å². The van der Waals surface area contributed by atoms with E-state index in [0.29, 0.717) is 24.4 Å². The maximum atomic E-state index is 12.9. The highest BCUT2D eigenvalue weighted by molar-refractivity contribution is 5.73. The van der Waals surface area contributed by atoms with Gasteiger partial charge < -0.3 is 20.3 Å². The molecular weight excluding hydrogens is 402 g/mol. The van der Waals surface area contributed by atoms with Gasteiger partial charge in [-0.05, 0) is 36.2 Å². The van der Waals surface area contributed by atoms with Crippen LogP contribution in [0.2, 0.25) is 0 Å². The zero-order chi connectivity index (χ0) is 22.0. The summed E-state index contributed by atoms with van der Waals surface area (Å²) in [5, 5.41) is 22.1. The molecule has 10 heteroatoms. The fourth-order valence-corrected chi connectivity index (χ4v) is 3.12. The Morgan fingerprint density at radius 2 is 1.97 bits per heavy atom. The average Bonchev–Trinajstić information content (AvgIpc) is 2.76. The van der Waals surface area contributed by atoms with E-state index in [0.717, 1.165) is 10.1 Å². The Bertz CT molecular complexity index is 1380. The number of phenolic OH excluding ortho intramolecular Hbond substituents is 2. The number of nitrogens with one attached hydrogen (secondary N) is 2. The van der Waals surface area contributed by atoms with E-state index in [2.05, 4.69) is 20.3 Å². The van der Waals surface area contributed by atoms with Crippen molar-refractivity contribution in [1.82, 2.24) is 19.5 Å². The summed E-state index contributed by atoms with van der Waals surface area (Å²) in [6.45, 7) is 0.431. The predicted octanol–water partition coefficient (Wildman–Crippen LogP) is 1.54. The summed E-state index contributed by atoms with van der Waals surface area (Å²) < 4.78 is 6.15. The number of ether oxygens (including phenoxy) is 1. The lowest BCUT2D eigenvalue weighted by atomic mass is 10.1. The van der Waals surface area contributed by atoms with Gasteiger partial charge in [-0.25, -0.2) is 14.3 Å². The Labute approximate surface area is 175 Å². The van der Waals surface area contributed by atoms with Crippen molar-refractivity contribution in [3.8, 4) is 22.9 Å². The van der Waals surface area contributed by atoms with E-state index in [4.69, 9.17) is 4.74 Å². The molecule has 0 spiro atoms. The lowest BCUT2D eigenvalue weighted by Crippen LogP contribution is -2.34. The van der Waals surface area contributed by atoms with Crippen LogP contribution in [0.3, 0.4) is 0 Å². The normalized spacial score (nSPS) is 10.9. The molecule has 0 atom stereocenters. The zero-order valence-electron chi connectivity index (χ0n) is 16.5. The first kappa shape index (κ1) is 20.0. The van der Waals surface area contributed by atoms with E-state index < -0.39 is 11.2 Å². The van der Waals surface area contributed by atoms with Crippen LogP contribution in [0.5, 0.6) is 17.2 Å². The molecule has 10 nitrogen and oxygen atoms in total. The number of hydrogen-bond acceptors (Lipinski definition) is 8. The first-order valence-electron chi connectivity index (χ1n) is 9.37. The summed E-state index contributed by atoms with van der Waals surface area (Å²) in [7, 11) is 1.50. The van der Waals surface area contributed by atoms with Crippen molar-refractivity contribution in [3.05, 3.63) is 75.1 Å². The number of anilines is 1. The predicted molar refractivity (Wildman–Crippen MR) is 114 cm³/mol. The molecule has 0 aliphatic carbocycles. The summed E-state index contributed by atoms with van der Waals surface area (Å²) in [5.41, 5.74) is 0.118. The quantitative estimate of drug-likeness (QED) is 0.344. The van der Waals surface area contributed by atoms with Crippen LogP contribution in [0.15, 0.2) is 58.3 Å². The SMILES string of the molecule is COc1cccc(-n2c(=O)[nH]c3nc(NCCc4ccc(O)c(O)c4)ncc3c2=O)c1. The Kier molecular flexibility index (Phi) is 5.27. The second-order valence-corrected chi connectivity index (χ2v) is 6.73. The van der Waals surface area contributed by atoms with Crippen molar-refractivity contribution in [2.24, 2.45) is 0 Å². The first-order valence-corrected chi connectivity index (χ1v) is 9.37. The van der Waals surface area contributed by atoms with Gasteiger partial charge in [-0.15, -0.1) is 0 Å². The van der Waals surface area contributed by atoms with Gasteiger partial charge in [-0.2, -0.15) is 4.98 Å². The number of phenols is 2. The molecule has 0 fully saturated rings. The number of nitrogens with zero attached hydrogens (tertiary/aromatic N) is 3. The van der Waals surface area contributed by atoms with Crippen LogP contribution in [0.4, 0.5) is 5.95 Å². The third kappa shape index (κ3) is 4.04. The molecule has 4 rings (SSSR count). The molecule has 2 aromatic carbocycles. The molecule has 2 heterocycles. The maximum absolute atomic E-state index is 12.9. The molecule has 2 aromatic heterocycles. The summed E-state index contributed by atoms with van der Waals surface area (Å²) in [5.74, 6) is 0.383. The van der Waals surface area contributed by atoms with Gasteiger partial charge in [0.25, 0.3) is 5.56 Å². The fourth-order valence-electron chi connectivity index (χ4n) is 3.12. The number of fused-ring (bicyclic) bond motifs is 1. The van der Waals surface area contributed by atoms with Crippen molar-refractivity contribution in [3.63, 3.8) is 0 Å². The molecule has 0 unspecified atom stereocenters. The Morgan fingerprint density at radius 1 is 1.13 bits per heavy atom. The number of aromatic amines is 1. The molecule has 0 aliphatic heterocycles. The van der Waals surface area contributed by atoms with Crippen LogP contribution in [-0.4, -0.2) is 43.4 Å². The molecule has 0 saturated carbocycles. The van der Waals surface area contributed by atoms with E-state index >= 15 is 0 Å². The van der Waals surface area contributed by atoms with E-state index in [1.807, 2.05) is 0 Å². The second-order valence-electron chi connectivity index (χ2n) is 6.73. The van der Waals surface area contributed by atoms with Crippen LogP contribution in [-0.2, 0) is 6.42 Å². The second kappa shape index (κ2) is 8.19. The van der Waals surface area contributed by atoms with E-state index in [-0.39, 0.29) is 28.5 Å². The summed E-state index contributed by atoms with van der Waals surface area (Å²) >= 11 is 0. The lowest BCUT2D eigenvalue weighted by molar-refractivity contribution is 0.403. The number of H-pyrrole nitrogens is 1. The van der Waals surface area contributed by atoms with Gasteiger partial charge in [-0.3, -0.25) is 9.78 Å². The topological polar surface area (TPSA) is 142 Å². The van der Waals surface area contributed by atoms with Gasteiger partial charge in [0.15, 0.2) is 17.1 Å². The molecule has 0 aliphatic rings. The molecule has 4 N–H and O–H groups in total. The molecule has 0 radical (unpaired) electrons. The zero-order valence-corrected chi connectivity index (χ0v) is 16.5. The van der Waals surface area contributed by atoms with Gasteiger partial charge in [0, 0.05) is 18.8 Å². The van der Waals surface area contributed by atoms with Crippen molar-refractivity contribution in [1.29, 1.82) is 0 Å². The molecule has 4 aromatic rings. The highest BCUT2D eigenvalue weighted by Gasteiger charge is 2.12. The number of methoxy groups -OCH3 is 1. The molecule has 0 bridgehead atoms. The van der Waals surface area contributed by atoms with Gasteiger partial charge in [0.2, 0.25) is 5.95 Å². The smallest absolute Gasteiger partial charge is 0.334 e. The largest absolute Gasteiger partial charge is 0.504 e. The van der Waals surface area contributed by atoms with E-state index in [9.17, 15) is 19.8 Å². The number of benzene rings is 2. The fraction of sp³-hybridized carbons (Fsp3) is 0.143. The summed E-state index contributed by atoms with van der Waals surface area (Å²) in [6.07, 6.45) is 1.88. The number of aromatic hydroxyl groups is 2. The van der Waals surface area contributed by atoms with Gasteiger partial charge in [0.05, 0.1) is 12.8 Å². The minimum absolute atomic E-state index is 0.119. The Hall–Kier alpha value is -4.34. The lowest BCUT2D eigenvalue weighted by Gasteiger charge is -2.09. The highest BCUT2D eigenvalue weighted by Crippen LogP contribution is 2.25. The third-order valence-corrected chi connectivity index (χ3v) is 4.70. The molecular formula is C21H19N5O5. The number of rotatable bonds is 6. The minimum Gasteiger partial charge on any atom is -0.504 e. The van der Waals surface area contributed by atoms with Gasteiger partial charge >= 0.3 is 5.69 Å². The van der Waals surface area contributed by atoms with E-state index in [1.165, 1.54) is 25.4 Å². The van der Waals surface area contributed by atoms with Crippen LogP contribution >= 0.6 is 0 Å². The Morgan fingerprint density at radius 3 is 2.74 bits per heavy atom. The molecule has 0 saturated heterocycles. The van der Waals surface area contributed by atoms with Crippen LogP contribution < -0.4 is 21.3 Å². The molecule has 158 valence electrons. The Balaban J connectivity index is 1.59. The van der Waals surface area contributed by atoms with Crippen LogP contribution in [0.25, 0.3) is 16.7 Å². The minimum atomic E-state index is -0.630. The number of aromatic nitrogens is 4. The van der Waals surface area contributed by atoms with Crippen molar-refractivity contribution >= 4 is 17.0 Å². The van der Waals surface area contributed by atoms with E-state index in [1.54, 1.807) is 30.3 Å². The van der Waals surface area contributed by atoms with Crippen LogP contribution in [0.1, 0.15) is 5.56 Å². The summed E-state index contributed by atoms with van der Waals surface area (Å²) in [4.78, 5) is 36.4. The van der Waals surface area contributed by atoms with Crippen molar-refractivity contribution < 1.29 is 14.9 Å². The van der Waals surface area contributed by atoms with Crippen molar-refractivity contribution in [2.75, 3.05) is 19.0 Å². The maximum Gasteiger partial charge on any atom is 0.334 e. The molecule has 0 amide bonds. The average molecular weight is 421 g/mol. The first-order chi connectivity index (χ1) is 15.0. The standard InChI is InChI=1S/C21H19N5O5/c1-31-14-4-2-3-13(10-14)26-19(29)15-11-23-20(24-18(15)25-21(26)30)22-8-7-12-5-6-16(27)17(28)9-12/h2-6,9-11,27-28H,7-8H2,1H3,(H2,22,23,24,25,30). The third-order valence-electron chi connectivity index (χ3n) is 4.70. The number of hydrogen-bond donors (Lipinski definition) is 4. The highest BCUT2D eigenvalue weighted by atomic mass is 16.5. The monoisotopic (exact) mass is 421 g/mol. The van der Waals surface area contributed by atoms with Gasteiger partial charge in [-0.1, -0.05) is 12.1 Å². The molecule has 31 heavy (non-hydrogen) atoms. The van der Waals surface area contributed by atoms with Gasteiger partial charge in [0.1, 0.15) is 11.1 Å².